The number of carbonyl (C=O) groups is 18. The van der Waals surface area contributed by atoms with Crippen LogP contribution >= 0.6 is 58.8 Å². The highest BCUT2D eigenvalue weighted by Gasteiger charge is 1.98. The summed E-state index contributed by atoms with van der Waals surface area (Å²) in [6.07, 6.45) is 33.9. The first-order valence-corrected chi connectivity index (χ1v) is 50.9. The summed E-state index contributed by atoms with van der Waals surface area (Å²) >= 11 is 8.56. The molecule has 0 saturated carbocycles. The molecule has 0 aliphatic rings. The van der Waals surface area contributed by atoms with Gasteiger partial charge in [-0.05, 0) is 251 Å². The van der Waals surface area contributed by atoms with Crippen LogP contribution in [0.1, 0.15) is 332 Å². The van der Waals surface area contributed by atoms with Crippen molar-refractivity contribution in [2.45, 2.75) is 332 Å². The van der Waals surface area contributed by atoms with Gasteiger partial charge < -0.3 is 86.9 Å². The summed E-state index contributed by atoms with van der Waals surface area (Å²) in [4.78, 5) is 183. The maximum absolute atomic E-state index is 10.3. The summed E-state index contributed by atoms with van der Waals surface area (Å²) in [5.74, 6) is 9.16. The number of methoxy groups -OCH3 is 7. The minimum atomic E-state index is 0.0671. The molecule has 0 amide bonds. The Bertz CT molecular complexity index is 2050. The van der Waals surface area contributed by atoms with Gasteiger partial charge in [0.25, 0.3) is 0 Å². The number of Topliss-reactive ketones (excluding diaryl/α,β-unsaturated/α-hetero) is 18. The third-order valence-electron chi connectivity index (χ3n) is 13.0. The zero-order chi connectivity index (χ0) is 104. The minimum absolute atomic E-state index is 0.0671. The Morgan fingerprint density at radius 2 is 0.398 bits per heavy atom. The topological polar surface area (TPSA) is 396 Å². The summed E-state index contributed by atoms with van der Waals surface area (Å²) in [5.41, 5.74) is 0. The molecule has 0 aliphatic carbocycles. The average molecular weight is 1940 g/mol. The molecule has 768 valence electrons. The van der Waals surface area contributed by atoms with Gasteiger partial charge in [0.2, 0.25) is 0 Å². The molecule has 0 aromatic rings. The largest absolute Gasteiger partial charge is 0.385 e. The van der Waals surface area contributed by atoms with Crippen molar-refractivity contribution in [3.8, 4) is 0 Å². The Morgan fingerprint density at radius 3 is 0.492 bits per heavy atom. The quantitative estimate of drug-likeness (QED) is 0.0534. The van der Waals surface area contributed by atoms with E-state index in [2.05, 4.69) is 55.9 Å². The molecule has 128 heavy (non-hydrogen) atoms. The van der Waals surface area contributed by atoms with Crippen molar-refractivity contribution in [3.63, 3.8) is 0 Å². The van der Waals surface area contributed by atoms with Crippen LogP contribution in [0.25, 0.3) is 0 Å². The lowest BCUT2D eigenvalue weighted by molar-refractivity contribution is -0.121. The van der Waals surface area contributed by atoms with Gasteiger partial charge in [0, 0.05) is 179 Å². The average Bonchev–Trinajstić information content (AvgIpc) is 1.17. The van der Waals surface area contributed by atoms with Gasteiger partial charge in [0.05, 0.1) is 19.0 Å². The molecule has 0 fully saturated rings. The first kappa shape index (κ1) is 166. The summed E-state index contributed by atoms with van der Waals surface area (Å²) in [6.45, 7) is 42.2. The van der Waals surface area contributed by atoms with E-state index in [1.807, 2.05) is 46.7 Å². The van der Waals surface area contributed by atoms with Gasteiger partial charge in [-0.15, -0.1) is 0 Å². The van der Waals surface area contributed by atoms with E-state index >= 15 is 0 Å². The van der Waals surface area contributed by atoms with Crippen molar-refractivity contribution in [1.29, 1.82) is 0 Å². The van der Waals surface area contributed by atoms with Crippen molar-refractivity contribution in [2.24, 2.45) is 0 Å². The van der Waals surface area contributed by atoms with Gasteiger partial charge in [0.1, 0.15) is 106 Å². The highest BCUT2D eigenvalue weighted by atomic mass is 32.2. The Morgan fingerprint density at radius 1 is 0.195 bits per heavy atom. The molecule has 0 aromatic heterocycles. The smallest absolute Gasteiger partial charge is 0.155 e. The molecule has 0 atom stereocenters. The van der Waals surface area contributed by atoms with E-state index in [0.717, 1.165) is 145 Å². The van der Waals surface area contributed by atoms with Gasteiger partial charge in [0.15, 0.2) is 11.6 Å². The number of hydrogen-bond donors (Lipinski definition) is 2. The number of nitrogens with one attached hydrogen (secondary N) is 2. The van der Waals surface area contributed by atoms with E-state index < -0.39 is 0 Å². The first-order chi connectivity index (χ1) is 59.9. The van der Waals surface area contributed by atoms with Crippen molar-refractivity contribution < 1.29 is 119 Å². The first-order valence-electron chi connectivity index (χ1n) is 43.9. The summed E-state index contributed by atoms with van der Waals surface area (Å²) in [7, 11) is 14.8. The molecule has 0 heterocycles. The lowest BCUT2D eigenvalue weighted by Crippen LogP contribution is -2.10. The predicted molar refractivity (Wildman–Crippen MR) is 547 cm³/mol. The van der Waals surface area contributed by atoms with E-state index in [9.17, 15) is 86.3 Å². The monoisotopic (exact) mass is 1940 g/mol. The predicted octanol–water partition coefficient (Wildman–Crippen LogP) is 19.1. The molecule has 0 rings (SSSR count). The number of unbranched alkanes of at least 4 members (excludes halogenated alkanes) is 4. The van der Waals surface area contributed by atoms with Gasteiger partial charge in [-0.1, -0.05) is 53.4 Å². The third kappa shape index (κ3) is 365. The zero-order valence-electron chi connectivity index (χ0n) is 87.9. The Balaban J connectivity index is -0.0000000626. The molecule has 0 spiro atoms. The lowest BCUT2D eigenvalue weighted by atomic mass is 10.2. The van der Waals surface area contributed by atoms with Crippen LogP contribution in [0.4, 0.5) is 0 Å². The SMILES string of the molecule is CCCC(C)=O.CCCC(C)=O.CCCCCC(C)=O.CCCCCC(C)=O.CNCCC(C)=O.CNCCC(C)=O.COCC(C)=O.COCC(C)=O.COCCC(C)=O.COCCC(C)=O.COCCCC(C)=O.COCCCC(C)=O.COCCCC(C)=O.CSCC(C)=O.CSCCC(C)=O.CSCCC(C)=O.CSCCCC(C)=O.CSCCCC(C)=O. The van der Waals surface area contributed by atoms with Crippen LogP contribution in [-0.2, 0) is 119 Å². The number of rotatable bonds is 56. The van der Waals surface area contributed by atoms with Gasteiger partial charge in [-0.2, -0.15) is 58.8 Å². The summed E-state index contributed by atoms with van der Waals surface area (Å²) < 4.78 is 32.4. The molecular formula is C96H194N2O25S5. The Labute approximate surface area is 803 Å². The van der Waals surface area contributed by atoms with Crippen LogP contribution in [0, 0.1) is 0 Å². The second-order valence-electron chi connectivity index (χ2n) is 28.5. The van der Waals surface area contributed by atoms with Crippen molar-refractivity contribution in [2.75, 3.05) is 183 Å². The van der Waals surface area contributed by atoms with Crippen molar-refractivity contribution >= 4 is 163 Å². The van der Waals surface area contributed by atoms with E-state index in [1.165, 1.54) is 53.8 Å². The molecule has 2 N–H and O–H groups in total. The number of ether oxygens (including phenoxy) is 7. The van der Waals surface area contributed by atoms with Crippen LogP contribution in [-0.4, -0.2) is 287 Å². The molecule has 0 aliphatic heterocycles. The standard InChI is InChI=1S/2C7H14O.3C6H12O2.2C6H12OS.2C5H11NO.2C5H10O2.2C5H10OS.2C5H10O.2C4H8O2.C4H8OS/c2*1-3-4-5-6-7(2)8;5*1-6(7)4-3-5-8-2;2*1-5(7)3-4-6-2;4*1-5(6)3-4-7-2;2*1-3-4-5(2)6;3*1-4(5)3-6-2/h2*3-6H2,1-2H3;5*3-5H2,1-2H3;2*6H,3-4H2,1-2H3;4*3-4H2,1-2H3;2*3-4H2,1-2H3;3*3H2,1-2H3. The van der Waals surface area contributed by atoms with Crippen LogP contribution in [0.3, 0.4) is 0 Å². The Kier molecular flexibility index (Phi) is 211. The lowest BCUT2D eigenvalue weighted by Gasteiger charge is -1.92. The minimum Gasteiger partial charge on any atom is -0.385 e. The number of ketones is 18. The molecular weight excluding hydrogens is 1740 g/mol. The van der Waals surface area contributed by atoms with Gasteiger partial charge in [-0.25, -0.2) is 0 Å². The second kappa shape index (κ2) is 162. The van der Waals surface area contributed by atoms with Gasteiger partial charge in [-0.3, -0.25) is 43.2 Å². The summed E-state index contributed by atoms with van der Waals surface area (Å²) in [5, 5.41) is 5.76. The van der Waals surface area contributed by atoms with Crippen LogP contribution < -0.4 is 10.6 Å². The molecule has 32 heteroatoms. The van der Waals surface area contributed by atoms with Crippen LogP contribution in [0.15, 0.2) is 0 Å². The molecule has 0 bridgehead atoms. The van der Waals surface area contributed by atoms with E-state index in [-0.39, 0.29) is 94.2 Å². The van der Waals surface area contributed by atoms with Crippen LogP contribution in [0.2, 0.25) is 0 Å². The zero-order valence-corrected chi connectivity index (χ0v) is 92.0. The molecule has 0 radical (unpaired) electrons. The Hall–Kier alpha value is -4.55. The maximum atomic E-state index is 10.3. The third-order valence-corrected chi connectivity index (χ3v) is 16.3. The second-order valence-corrected chi connectivity index (χ2v) is 33.3. The normalized spacial score (nSPS) is 8.91. The molecule has 27 nitrogen and oxygen atoms in total. The van der Waals surface area contributed by atoms with E-state index in [1.54, 1.807) is 205 Å². The fourth-order valence-electron chi connectivity index (χ4n) is 6.47. The summed E-state index contributed by atoms with van der Waals surface area (Å²) in [6, 6.07) is 0. The van der Waals surface area contributed by atoms with E-state index in [0.29, 0.717) is 107 Å². The number of thioether (sulfide) groups is 5. The highest BCUT2D eigenvalue weighted by molar-refractivity contribution is 7.99. The fourth-order valence-corrected chi connectivity index (χ4v) is 8.73. The number of carbonyl (C=O) groups excluding carboxylic acids is 18. The van der Waals surface area contributed by atoms with E-state index in [4.69, 9.17) is 14.2 Å². The number of hydrogen-bond acceptors (Lipinski definition) is 32. The van der Waals surface area contributed by atoms with Crippen molar-refractivity contribution in [3.05, 3.63) is 0 Å². The highest BCUT2D eigenvalue weighted by Crippen LogP contribution is 2.02. The fraction of sp³-hybridized carbons (Fsp3) is 0.812. The molecule has 0 saturated heterocycles. The van der Waals surface area contributed by atoms with Crippen molar-refractivity contribution in [1.82, 2.24) is 10.6 Å². The van der Waals surface area contributed by atoms with Gasteiger partial charge >= 0.3 is 0 Å². The molecule has 0 unspecified atom stereocenters. The maximum Gasteiger partial charge on any atom is 0.155 e. The molecule has 0 aromatic carbocycles. The van der Waals surface area contributed by atoms with Crippen LogP contribution in [0.5, 0.6) is 0 Å².